The molecule has 0 aromatic carbocycles. The first-order chi connectivity index (χ1) is 8.56. The fraction of sp³-hybridized carbons (Fsp3) is 0.571. The second-order valence-electron chi connectivity index (χ2n) is 4.75. The number of unbranched alkanes of at least 4 members (excludes halogenated alkanes) is 2. The first-order valence-corrected chi connectivity index (χ1v) is 6.59. The van der Waals surface area contributed by atoms with Crippen molar-refractivity contribution in [3.05, 3.63) is 23.9 Å². The number of carbonyl (C=O) groups is 1. The molecule has 1 aromatic heterocycles. The number of pyridine rings is 1. The summed E-state index contributed by atoms with van der Waals surface area (Å²) in [6.45, 7) is 6.98. The van der Waals surface area contributed by atoms with Gasteiger partial charge in [-0.25, -0.2) is 4.98 Å². The van der Waals surface area contributed by atoms with Crippen molar-refractivity contribution >= 4 is 11.7 Å². The number of aromatic nitrogens is 1. The summed E-state index contributed by atoms with van der Waals surface area (Å²) in [5, 5.41) is 0. The van der Waals surface area contributed by atoms with Crippen LogP contribution in [0.25, 0.3) is 0 Å². The minimum Gasteiger partial charge on any atom is -0.384 e. The standard InChI is InChI=1S/C14H23N3O/c1-4-5-6-10-17(11(2)3)14(18)12-8-7-9-13(15)16-12/h7-9,11H,4-6,10H2,1-3H3,(H2,15,16). The van der Waals surface area contributed by atoms with Gasteiger partial charge in [-0.05, 0) is 32.4 Å². The van der Waals surface area contributed by atoms with Gasteiger partial charge in [-0.15, -0.1) is 0 Å². The predicted molar refractivity (Wildman–Crippen MR) is 74.3 cm³/mol. The van der Waals surface area contributed by atoms with Gasteiger partial charge in [0.1, 0.15) is 11.5 Å². The summed E-state index contributed by atoms with van der Waals surface area (Å²) in [6, 6.07) is 5.35. The van der Waals surface area contributed by atoms with E-state index in [1.807, 2.05) is 18.7 Å². The van der Waals surface area contributed by atoms with Crippen molar-refractivity contribution in [3.63, 3.8) is 0 Å². The Morgan fingerprint density at radius 2 is 2.11 bits per heavy atom. The average Bonchev–Trinajstić information content (AvgIpc) is 2.33. The van der Waals surface area contributed by atoms with E-state index < -0.39 is 0 Å². The van der Waals surface area contributed by atoms with Gasteiger partial charge in [-0.2, -0.15) is 0 Å². The molecule has 0 fully saturated rings. The van der Waals surface area contributed by atoms with Crippen LogP contribution in [0, 0.1) is 0 Å². The van der Waals surface area contributed by atoms with Crippen molar-refractivity contribution in [1.29, 1.82) is 0 Å². The van der Waals surface area contributed by atoms with Gasteiger partial charge in [-0.1, -0.05) is 25.8 Å². The van der Waals surface area contributed by atoms with Gasteiger partial charge in [0.2, 0.25) is 0 Å². The molecule has 18 heavy (non-hydrogen) atoms. The van der Waals surface area contributed by atoms with E-state index in [-0.39, 0.29) is 11.9 Å². The van der Waals surface area contributed by atoms with Crippen molar-refractivity contribution in [1.82, 2.24) is 9.88 Å². The molecule has 0 atom stereocenters. The maximum Gasteiger partial charge on any atom is 0.272 e. The summed E-state index contributed by atoms with van der Waals surface area (Å²) in [5.41, 5.74) is 6.04. The van der Waals surface area contributed by atoms with Crippen LogP contribution >= 0.6 is 0 Å². The number of nitrogens with two attached hydrogens (primary N) is 1. The summed E-state index contributed by atoms with van der Waals surface area (Å²) < 4.78 is 0. The van der Waals surface area contributed by atoms with E-state index in [4.69, 9.17) is 5.73 Å². The number of rotatable bonds is 6. The normalized spacial score (nSPS) is 10.7. The number of hydrogen-bond donors (Lipinski definition) is 1. The minimum atomic E-state index is -0.0339. The molecule has 1 rings (SSSR count). The van der Waals surface area contributed by atoms with Gasteiger partial charge in [0.25, 0.3) is 5.91 Å². The van der Waals surface area contributed by atoms with E-state index in [9.17, 15) is 4.79 Å². The van der Waals surface area contributed by atoms with Crippen molar-refractivity contribution in [3.8, 4) is 0 Å². The molecule has 1 amide bonds. The van der Waals surface area contributed by atoms with Gasteiger partial charge in [-0.3, -0.25) is 4.79 Å². The Balaban J connectivity index is 2.76. The molecular weight excluding hydrogens is 226 g/mol. The molecule has 0 aliphatic carbocycles. The third kappa shape index (κ3) is 4.02. The maximum atomic E-state index is 12.3. The Morgan fingerprint density at radius 3 is 2.67 bits per heavy atom. The van der Waals surface area contributed by atoms with Gasteiger partial charge >= 0.3 is 0 Å². The molecule has 4 nitrogen and oxygen atoms in total. The molecule has 0 unspecified atom stereocenters. The van der Waals surface area contributed by atoms with Crippen LogP contribution in [0.2, 0.25) is 0 Å². The number of hydrogen-bond acceptors (Lipinski definition) is 3. The molecule has 0 saturated carbocycles. The van der Waals surface area contributed by atoms with Gasteiger partial charge < -0.3 is 10.6 Å². The van der Waals surface area contributed by atoms with Crippen LogP contribution in [0.4, 0.5) is 5.82 Å². The predicted octanol–water partition coefficient (Wildman–Crippen LogP) is 2.70. The highest BCUT2D eigenvalue weighted by atomic mass is 16.2. The number of anilines is 1. The molecule has 0 radical (unpaired) electrons. The third-order valence-electron chi connectivity index (χ3n) is 2.88. The van der Waals surface area contributed by atoms with Crippen LogP contribution in [-0.4, -0.2) is 28.4 Å². The Bertz CT molecular complexity index is 390. The van der Waals surface area contributed by atoms with E-state index in [0.29, 0.717) is 11.5 Å². The van der Waals surface area contributed by atoms with Gasteiger partial charge in [0.05, 0.1) is 0 Å². The fourth-order valence-corrected chi connectivity index (χ4v) is 1.84. The number of nitrogens with zero attached hydrogens (tertiary/aromatic N) is 2. The van der Waals surface area contributed by atoms with Gasteiger partial charge in [0.15, 0.2) is 0 Å². The van der Waals surface area contributed by atoms with Crippen LogP contribution < -0.4 is 5.73 Å². The number of carbonyl (C=O) groups excluding carboxylic acids is 1. The van der Waals surface area contributed by atoms with Crippen molar-refractivity contribution in [2.45, 2.75) is 46.1 Å². The number of nitrogen functional groups attached to an aromatic ring is 1. The highest BCUT2D eigenvalue weighted by Gasteiger charge is 2.19. The van der Waals surface area contributed by atoms with E-state index >= 15 is 0 Å². The molecule has 0 saturated heterocycles. The Hall–Kier alpha value is -1.58. The van der Waals surface area contributed by atoms with Crippen LogP contribution in [0.1, 0.15) is 50.5 Å². The topological polar surface area (TPSA) is 59.2 Å². The second kappa shape index (κ2) is 6.99. The molecular formula is C14H23N3O. The number of amides is 1. The lowest BCUT2D eigenvalue weighted by molar-refractivity contribution is 0.0696. The summed E-state index contributed by atoms with van der Waals surface area (Å²) in [6.07, 6.45) is 3.32. The zero-order valence-electron chi connectivity index (χ0n) is 11.5. The lowest BCUT2D eigenvalue weighted by Crippen LogP contribution is -2.38. The van der Waals surface area contributed by atoms with Crippen molar-refractivity contribution < 1.29 is 4.79 Å². The van der Waals surface area contributed by atoms with Gasteiger partial charge in [0, 0.05) is 12.6 Å². The second-order valence-corrected chi connectivity index (χ2v) is 4.75. The summed E-state index contributed by atoms with van der Waals surface area (Å²) in [7, 11) is 0. The first kappa shape index (κ1) is 14.5. The third-order valence-corrected chi connectivity index (χ3v) is 2.88. The van der Waals surface area contributed by atoms with Crippen molar-refractivity contribution in [2.75, 3.05) is 12.3 Å². The fourth-order valence-electron chi connectivity index (χ4n) is 1.84. The Labute approximate surface area is 109 Å². The molecule has 2 N–H and O–H groups in total. The molecule has 1 aromatic rings. The summed E-state index contributed by atoms with van der Waals surface area (Å²) in [5.74, 6) is 0.353. The lowest BCUT2D eigenvalue weighted by atomic mass is 10.2. The van der Waals surface area contributed by atoms with E-state index in [2.05, 4.69) is 11.9 Å². The van der Waals surface area contributed by atoms with Crippen LogP contribution in [0.3, 0.4) is 0 Å². The quantitative estimate of drug-likeness (QED) is 0.789. The molecule has 1 heterocycles. The largest absolute Gasteiger partial charge is 0.384 e. The van der Waals surface area contributed by atoms with Crippen LogP contribution in [-0.2, 0) is 0 Å². The van der Waals surface area contributed by atoms with E-state index in [1.54, 1.807) is 18.2 Å². The lowest BCUT2D eigenvalue weighted by Gasteiger charge is -2.26. The molecule has 0 aliphatic heterocycles. The zero-order chi connectivity index (χ0) is 13.5. The van der Waals surface area contributed by atoms with Crippen LogP contribution in [0.5, 0.6) is 0 Å². The molecule has 100 valence electrons. The highest BCUT2D eigenvalue weighted by Crippen LogP contribution is 2.10. The Kier molecular flexibility index (Phi) is 5.62. The summed E-state index contributed by atoms with van der Waals surface area (Å²) in [4.78, 5) is 18.3. The SMILES string of the molecule is CCCCCN(C(=O)c1cccc(N)n1)C(C)C. The first-order valence-electron chi connectivity index (χ1n) is 6.59. The zero-order valence-corrected chi connectivity index (χ0v) is 11.5. The Morgan fingerprint density at radius 1 is 1.39 bits per heavy atom. The molecule has 0 aliphatic rings. The molecule has 4 heteroatoms. The smallest absolute Gasteiger partial charge is 0.272 e. The van der Waals surface area contributed by atoms with E-state index in [0.717, 1.165) is 25.8 Å². The highest BCUT2D eigenvalue weighted by molar-refractivity contribution is 5.92. The monoisotopic (exact) mass is 249 g/mol. The summed E-state index contributed by atoms with van der Waals surface area (Å²) >= 11 is 0. The average molecular weight is 249 g/mol. The van der Waals surface area contributed by atoms with Crippen LogP contribution in [0.15, 0.2) is 18.2 Å². The molecule has 0 spiro atoms. The van der Waals surface area contributed by atoms with Crippen molar-refractivity contribution in [2.24, 2.45) is 0 Å². The minimum absolute atomic E-state index is 0.0339. The maximum absolute atomic E-state index is 12.3. The molecule has 0 bridgehead atoms. The van der Waals surface area contributed by atoms with E-state index in [1.165, 1.54) is 0 Å².